The van der Waals surface area contributed by atoms with Gasteiger partial charge in [-0.3, -0.25) is 0 Å². The van der Waals surface area contributed by atoms with Crippen LogP contribution in [0.2, 0.25) is 0 Å². The molecule has 1 N–H and O–H groups in total. The third kappa shape index (κ3) is 4.98. The maximum atomic E-state index is 12.1. The number of anilines is 1. The molecule has 0 saturated carbocycles. The van der Waals surface area contributed by atoms with Gasteiger partial charge in [-0.25, -0.2) is 9.59 Å². The lowest BCUT2D eigenvalue weighted by atomic mass is 10.2. The normalized spacial score (nSPS) is 15.0. The van der Waals surface area contributed by atoms with Crippen LogP contribution in [0.1, 0.15) is 38.1 Å². The van der Waals surface area contributed by atoms with E-state index in [4.69, 9.17) is 9.47 Å². The number of hydrogen-bond donors (Lipinski definition) is 1. The molecule has 1 aliphatic rings. The number of hydrogen-bond acceptors (Lipinski definition) is 6. The molecule has 2 heterocycles. The monoisotopic (exact) mass is 351 g/mol. The van der Waals surface area contributed by atoms with Crippen LogP contribution in [0.25, 0.3) is 0 Å². The summed E-state index contributed by atoms with van der Waals surface area (Å²) in [7, 11) is 0. The zero-order valence-electron chi connectivity index (χ0n) is 15.1. The molecule has 1 amide bonds. The molecule has 8 nitrogen and oxygen atoms in total. The van der Waals surface area contributed by atoms with Crippen molar-refractivity contribution in [3.8, 4) is 5.88 Å². The van der Waals surface area contributed by atoms with Gasteiger partial charge in [-0.05, 0) is 39.8 Å². The second-order valence-electron chi connectivity index (χ2n) is 6.71. The fraction of sp³-hybridized carbons (Fsp3) is 0.588. The summed E-state index contributed by atoms with van der Waals surface area (Å²) < 4.78 is 10.7. The number of carboxylic acids is 1. The molecule has 0 aliphatic carbocycles. The first-order valence-electron chi connectivity index (χ1n) is 8.31. The third-order valence-electron chi connectivity index (χ3n) is 3.61. The molecule has 1 aromatic heterocycles. The number of nitrogens with zero attached hydrogens (tertiary/aromatic N) is 3. The maximum Gasteiger partial charge on any atom is 0.410 e. The van der Waals surface area contributed by atoms with E-state index in [1.165, 1.54) is 6.07 Å². The number of rotatable bonds is 4. The molecule has 1 aliphatic heterocycles. The minimum Gasteiger partial charge on any atom is -0.477 e. The van der Waals surface area contributed by atoms with Gasteiger partial charge >= 0.3 is 12.1 Å². The summed E-state index contributed by atoms with van der Waals surface area (Å²) in [6, 6.07) is 3.16. The maximum absolute atomic E-state index is 12.1. The first-order valence-corrected chi connectivity index (χ1v) is 8.31. The van der Waals surface area contributed by atoms with Crippen molar-refractivity contribution < 1.29 is 24.2 Å². The summed E-state index contributed by atoms with van der Waals surface area (Å²) in [4.78, 5) is 31.3. The van der Waals surface area contributed by atoms with Crippen LogP contribution in [-0.4, -0.2) is 65.4 Å². The van der Waals surface area contributed by atoms with E-state index in [9.17, 15) is 14.7 Å². The predicted octanol–water partition coefficient (Wildman–Crippen LogP) is 2.24. The molecule has 0 atom stereocenters. The molecule has 0 spiro atoms. The van der Waals surface area contributed by atoms with E-state index in [0.717, 1.165) is 0 Å². The largest absolute Gasteiger partial charge is 0.477 e. The molecule has 2 rings (SSSR count). The number of pyridine rings is 1. The highest BCUT2D eigenvalue weighted by molar-refractivity contribution is 5.90. The van der Waals surface area contributed by atoms with E-state index < -0.39 is 11.6 Å². The Morgan fingerprint density at radius 3 is 2.36 bits per heavy atom. The molecule has 25 heavy (non-hydrogen) atoms. The van der Waals surface area contributed by atoms with Gasteiger partial charge < -0.3 is 24.4 Å². The molecule has 1 fully saturated rings. The molecular formula is C17H25N3O5. The van der Waals surface area contributed by atoms with Crippen LogP contribution in [0.5, 0.6) is 5.88 Å². The molecule has 0 unspecified atom stereocenters. The van der Waals surface area contributed by atoms with E-state index in [2.05, 4.69) is 4.98 Å². The van der Waals surface area contributed by atoms with Gasteiger partial charge in [0.05, 0.1) is 6.61 Å². The summed E-state index contributed by atoms with van der Waals surface area (Å²) in [5.41, 5.74) is -0.479. The van der Waals surface area contributed by atoms with E-state index in [-0.39, 0.29) is 17.5 Å². The standard InChI is InChI=1S/C17H25N3O5/c1-5-24-14-12(15(21)22)6-7-13(18-14)19-8-10-20(11-9-19)16(23)25-17(2,3)4/h6-7H,5,8-11H2,1-4H3,(H,21,22). The molecule has 0 radical (unpaired) electrons. The van der Waals surface area contributed by atoms with Crippen molar-refractivity contribution in [1.82, 2.24) is 9.88 Å². The van der Waals surface area contributed by atoms with E-state index >= 15 is 0 Å². The van der Waals surface area contributed by atoms with Gasteiger partial charge in [0.25, 0.3) is 0 Å². The van der Waals surface area contributed by atoms with Gasteiger partial charge in [0.15, 0.2) is 0 Å². The fourth-order valence-electron chi connectivity index (χ4n) is 2.46. The molecule has 1 saturated heterocycles. The van der Waals surface area contributed by atoms with Gasteiger partial charge in [0.1, 0.15) is 17.0 Å². The Hall–Kier alpha value is -2.51. The van der Waals surface area contributed by atoms with E-state index in [1.54, 1.807) is 17.9 Å². The Morgan fingerprint density at radius 1 is 1.20 bits per heavy atom. The zero-order chi connectivity index (χ0) is 18.6. The van der Waals surface area contributed by atoms with E-state index in [1.807, 2.05) is 25.7 Å². The SMILES string of the molecule is CCOc1nc(N2CCN(C(=O)OC(C)(C)C)CC2)ccc1C(=O)O. The zero-order valence-corrected chi connectivity index (χ0v) is 15.1. The highest BCUT2D eigenvalue weighted by atomic mass is 16.6. The quantitative estimate of drug-likeness (QED) is 0.889. The lowest BCUT2D eigenvalue weighted by Gasteiger charge is -2.36. The summed E-state index contributed by atoms with van der Waals surface area (Å²) >= 11 is 0. The Balaban J connectivity index is 2.04. The summed E-state index contributed by atoms with van der Waals surface area (Å²) in [5.74, 6) is -0.323. The van der Waals surface area contributed by atoms with Gasteiger partial charge in [-0.1, -0.05) is 0 Å². The van der Waals surface area contributed by atoms with Crippen LogP contribution in [-0.2, 0) is 4.74 Å². The second-order valence-corrected chi connectivity index (χ2v) is 6.71. The predicted molar refractivity (Wildman–Crippen MR) is 92.4 cm³/mol. The van der Waals surface area contributed by atoms with Gasteiger partial charge in [0.2, 0.25) is 5.88 Å². The van der Waals surface area contributed by atoms with E-state index in [0.29, 0.717) is 38.6 Å². The van der Waals surface area contributed by atoms with Crippen molar-refractivity contribution in [2.24, 2.45) is 0 Å². The van der Waals surface area contributed by atoms with Gasteiger partial charge in [-0.15, -0.1) is 0 Å². The number of carbonyl (C=O) groups excluding carboxylic acids is 1. The van der Waals surface area contributed by atoms with Crippen LogP contribution in [0, 0.1) is 0 Å². The lowest BCUT2D eigenvalue weighted by Crippen LogP contribution is -2.50. The highest BCUT2D eigenvalue weighted by Crippen LogP contribution is 2.23. The van der Waals surface area contributed by atoms with Crippen LogP contribution in [0.15, 0.2) is 12.1 Å². The van der Waals surface area contributed by atoms with Gasteiger partial charge in [-0.2, -0.15) is 4.98 Å². The van der Waals surface area contributed by atoms with Gasteiger partial charge in [0, 0.05) is 26.2 Å². The van der Waals surface area contributed by atoms with Crippen LogP contribution < -0.4 is 9.64 Å². The number of carbonyl (C=O) groups is 2. The van der Waals surface area contributed by atoms with Crippen molar-refractivity contribution >= 4 is 17.9 Å². The second kappa shape index (κ2) is 7.58. The third-order valence-corrected chi connectivity index (χ3v) is 3.61. The smallest absolute Gasteiger partial charge is 0.410 e. The lowest BCUT2D eigenvalue weighted by molar-refractivity contribution is 0.0240. The Morgan fingerprint density at radius 2 is 1.84 bits per heavy atom. The Labute approximate surface area is 147 Å². The highest BCUT2D eigenvalue weighted by Gasteiger charge is 2.27. The van der Waals surface area contributed by atoms with Crippen LogP contribution >= 0.6 is 0 Å². The average molecular weight is 351 g/mol. The summed E-state index contributed by atoms with van der Waals surface area (Å²) in [5, 5.41) is 9.19. The number of carboxylic acid groups (broad SMARTS) is 1. The van der Waals surface area contributed by atoms with Crippen molar-refractivity contribution in [2.75, 3.05) is 37.7 Å². The number of amides is 1. The van der Waals surface area contributed by atoms with Crippen LogP contribution in [0.3, 0.4) is 0 Å². The molecule has 0 bridgehead atoms. The molecule has 138 valence electrons. The number of ether oxygens (including phenoxy) is 2. The molecule has 1 aromatic rings. The minimum atomic E-state index is -1.07. The molecule has 8 heteroatoms. The fourth-order valence-corrected chi connectivity index (χ4v) is 2.46. The average Bonchev–Trinajstić information content (AvgIpc) is 2.53. The van der Waals surface area contributed by atoms with Crippen molar-refractivity contribution in [2.45, 2.75) is 33.3 Å². The summed E-state index contributed by atoms with van der Waals surface area (Å²) in [6.07, 6.45) is -0.323. The van der Waals surface area contributed by atoms with Crippen molar-refractivity contribution in [1.29, 1.82) is 0 Å². The summed E-state index contributed by atoms with van der Waals surface area (Å²) in [6.45, 7) is 9.83. The first kappa shape index (κ1) is 18.8. The Kier molecular flexibility index (Phi) is 5.71. The van der Waals surface area contributed by atoms with Crippen molar-refractivity contribution in [3.63, 3.8) is 0 Å². The number of piperazine rings is 1. The number of aromatic nitrogens is 1. The Bertz CT molecular complexity index is 634. The minimum absolute atomic E-state index is 0.0398. The van der Waals surface area contributed by atoms with Crippen LogP contribution in [0.4, 0.5) is 10.6 Å². The molecular weight excluding hydrogens is 326 g/mol. The number of aromatic carboxylic acids is 1. The topological polar surface area (TPSA) is 92.2 Å². The van der Waals surface area contributed by atoms with Crippen molar-refractivity contribution in [3.05, 3.63) is 17.7 Å². The molecule has 0 aromatic carbocycles. The first-order chi connectivity index (χ1) is 11.7.